The number of likely N-dealkylation sites (tertiary alicyclic amines) is 1. The van der Waals surface area contributed by atoms with E-state index in [1.807, 2.05) is 11.9 Å². The molecule has 1 N–H and O–H groups in total. The fourth-order valence-corrected chi connectivity index (χ4v) is 3.99. The molecule has 146 valence electrons. The number of carbonyl (C=O) groups is 2. The molecule has 4 rings (SSSR count). The Kier molecular flexibility index (Phi) is 4.93. The third-order valence-electron chi connectivity index (χ3n) is 5.48. The molecule has 0 aliphatic carbocycles. The molecule has 0 bridgehead atoms. The first kappa shape index (κ1) is 18.3. The van der Waals surface area contributed by atoms with Crippen LogP contribution >= 0.6 is 0 Å². The van der Waals surface area contributed by atoms with Crippen molar-refractivity contribution in [2.45, 2.75) is 38.8 Å². The molecule has 0 saturated carbocycles. The molecule has 0 aromatic carbocycles. The monoisotopic (exact) mass is 380 g/mol. The third kappa shape index (κ3) is 3.30. The summed E-state index contributed by atoms with van der Waals surface area (Å²) in [5.74, 6) is 1.44. The van der Waals surface area contributed by atoms with Gasteiger partial charge in [0.1, 0.15) is 5.82 Å². The van der Waals surface area contributed by atoms with Crippen LogP contribution in [0.15, 0.2) is 24.5 Å². The van der Waals surface area contributed by atoms with Gasteiger partial charge in [0.15, 0.2) is 5.82 Å². The number of anilines is 1. The zero-order chi connectivity index (χ0) is 19.7. The summed E-state index contributed by atoms with van der Waals surface area (Å²) in [6.45, 7) is 3.45. The molecule has 1 atom stereocenters. The maximum absolute atomic E-state index is 13.0. The first-order valence-corrected chi connectivity index (χ1v) is 9.62. The molecule has 0 radical (unpaired) electrons. The summed E-state index contributed by atoms with van der Waals surface area (Å²) in [5.41, 5.74) is 2.52. The van der Waals surface area contributed by atoms with E-state index in [0.717, 1.165) is 29.9 Å². The van der Waals surface area contributed by atoms with Gasteiger partial charge in [-0.25, -0.2) is 9.97 Å². The van der Waals surface area contributed by atoms with Gasteiger partial charge in [-0.3, -0.25) is 14.6 Å². The molecule has 1 fully saturated rings. The Labute approximate surface area is 164 Å². The van der Waals surface area contributed by atoms with Gasteiger partial charge in [-0.2, -0.15) is 0 Å². The standard InChI is InChI=1S/C20H24N6O2/c1-13(27)25-10-7-16-15(12-25)18(21-2)24-19(23-16)17-6-4-9-26(17)20(28)14-5-3-8-22-11-14/h3,5,8,11,17H,4,6-7,9-10,12H2,1-2H3,(H,21,23,24). The zero-order valence-corrected chi connectivity index (χ0v) is 16.2. The number of hydrogen-bond acceptors (Lipinski definition) is 6. The molecular formula is C20H24N6O2. The second-order valence-corrected chi connectivity index (χ2v) is 7.19. The molecule has 2 amide bonds. The van der Waals surface area contributed by atoms with E-state index < -0.39 is 0 Å². The van der Waals surface area contributed by atoms with Crippen LogP contribution in [0.5, 0.6) is 0 Å². The van der Waals surface area contributed by atoms with E-state index >= 15 is 0 Å². The van der Waals surface area contributed by atoms with Crippen LogP contribution in [0.4, 0.5) is 5.82 Å². The molecule has 4 heterocycles. The predicted molar refractivity (Wildman–Crippen MR) is 104 cm³/mol. The van der Waals surface area contributed by atoms with Crippen LogP contribution in [-0.2, 0) is 17.8 Å². The van der Waals surface area contributed by atoms with Crippen LogP contribution in [0.3, 0.4) is 0 Å². The van der Waals surface area contributed by atoms with Crippen LogP contribution in [0.2, 0.25) is 0 Å². The normalized spacial score (nSPS) is 18.7. The summed E-state index contributed by atoms with van der Waals surface area (Å²) in [6, 6.07) is 3.41. The number of rotatable bonds is 3. The summed E-state index contributed by atoms with van der Waals surface area (Å²) in [4.78, 5) is 42.0. The highest BCUT2D eigenvalue weighted by Gasteiger charge is 2.34. The molecule has 2 aliphatic heterocycles. The maximum atomic E-state index is 13.0. The molecule has 8 nitrogen and oxygen atoms in total. The summed E-state index contributed by atoms with van der Waals surface area (Å²) >= 11 is 0. The topological polar surface area (TPSA) is 91.3 Å². The SMILES string of the molecule is CNc1nc(C2CCCN2C(=O)c2cccnc2)nc2c1CN(C(C)=O)CC2. The van der Waals surface area contributed by atoms with Crippen molar-refractivity contribution in [2.75, 3.05) is 25.5 Å². The van der Waals surface area contributed by atoms with Crippen molar-refractivity contribution >= 4 is 17.6 Å². The van der Waals surface area contributed by atoms with Crippen molar-refractivity contribution in [3.05, 3.63) is 47.2 Å². The van der Waals surface area contributed by atoms with E-state index in [2.05, 4.69) is 10.3 Å². The Morgan fingerprint density at radius 1 is 1.25 bits per heavy atom. The van der Waals surface area contributed by atoms with Gasteiger partial charge in [0.25, 0.3) is 5.91 Å². The Bertz CT molecular complexity index is 884. The van der Waals surface area contributed by atoms with Crippen molar-refractivity contribution in [1.29, 1.82) is 0 Å². The van der Waals surface area contributed by atoms with Gasteiger partial charge in [-0.15, -0.1) is 0 Å². The quantitative estimate of drug-likeness (QED) is 0.873. The van der Waals surface area contributed by atoms with E-state index in [9.17, 15) is 9.59 Å². The lowest BCUT2D eigenvalue weighted by atomic mass is 10.0. The minimum Gasteiger partial charge on any atom is -0.373 e. The van der Waals surface area contributed by atoms with Crippen LogP contribution < -0.4 is 5.32 Å². The number of fused-ring (bicyclic) bond motifs is 1. The Hall–Kier alpha value is -3.03. The number of amides is 2. The van der Waals surface area contributed by atoms with Crippen molar-refractivity contribution in [3.63, 3.8) is 0 Å². The second kappa shape index (κ2) is 7.53. The molecule has 2 aromatic rings. The largest absolute Gasteiger partial charge is 0.373 e. The molecule has 8 heteroatoms. The lowest BCUT2D eigenvalue weighted by molar-refractivity contribution is -0.129. The first-order valence-electron chi connectivity index (χ1n) is 9.62. The maximum Gasteiger partial charge on any atom is 0.256 e. The highest BCUT2D eigenvalue weighted by molar-refractivity contribution is 5.94. The van der Waals surface area contributed by atoms with Crippen LogP contribution in [0.25, 0.3) is 0 Å². The van der Waals surface area contributed by atoms with E-state index in [1.165, 1.54) is 0 Å². The number of carbonyl (C=O) groups excluding carboxylic acids is 2. The van der Waals surface area contributed by atoms with E-state index in [1.54, 1.807) is 36.4 Å². The minimum absolute atomic E-state index is 0.0364. The predicted octanol–water partition coefficient (Wildman–Crippen LogP) is 1.80. The molecule has 2 aliphatic rings. The van der Waals surface area contributed by atoms with E-state index in [4.69, 9.17) is 9.97 Å². The third-order valence-corrected chi connectivity index (χ3v) is 5.48. The number of aromatic nitrogens is 3. The van der Waals surface area contributed by atoms with Gasteiger partial charge < -0.3 is 15.1 Å². The fraction of sp³-hybridized carbons (Fsp3) is 0.450. The second-order valence-electron chi connectivity index (χ2n) is 7.19. The van der Waals surface area contributed by atoms with Crippen molar-refractivity contribution in [1.82, 2.24) is 24.8 Å². The molecule has 1 saturated heterocycles. The van der Waals surface area contributed by atoms with Gasteiger partial charge in [-0.1, -0.05) is 0 Å². The molecule has 0 spiro atoms. The number of nitrogens with zero attached hydrogens (tertiary/aromatic N) is 5. The average Bonchev–Trinajstić information content (AvgIpc) is 3.22. The number of nitrogens with one attached hydrogen (secondary N) is 1. The van der Waals surface area contributed by atoms with E-state index in [-0.39, 0.29) is 17.9 Å². The Balaban J connectivity index is 1.65. The lowest BCUT2D eigenvalue weighted by Crippen LogP contribution is -2.36. The lowest BCUT2D eigenvalue weighted by Gasteiger charge is -2.30. The van der Waals surface area contributed by atoms with Crippen LogP contribution in [-0.4, -0.2) is 56.7 Å². The molecule has 1 unspecified atom stereocenters. The van der Waals surface area contributed by atoms with Crippen LogP contribution in [0, 0.1) is 0 Å². The molecular weight excluding hydrogens is 356 g/mol. The summed E-state index contributed by atoms with van der Waals surface area (Å²) < 4.78 is 0. The van der Waals surface area contributed by atoms with Crippen molar-refractivity contribution in [2.24, 2.45) is 0 Å². The van der Waals surface area contributed by atoms with E-state index in [0.29, 0.717) is 37.4 Å². The van der Waals surface area contributed by atoms with Gasteiger partial charge in [0, 0.05) is 51.4 Å². The fourth-order valence-electron chi connectivity index (χ4n) is 3.99. The van der Waals surface area contributed by atoms with Gasteiger partial charge in [-0.05, 0) is 25.0 Å². The molecule has 28 heavy (non-hydrogen) atoms. The smallest absolute Gasteiger partial charge is 0.256 e. The number of pyridine rings is 1. The summed E-state index contributed by atoms with van der Waals surface area (Å²) in [7, 11) is 1.83. The van der Waals surface area contributed by atoms with Crippen LogP contribution in [0.1, 0.15) is 53.2 Å². The Morgan fingerprint density at radius 2 is 2.11 bits per heavy atom. The van der Waals surface area contributed by atoms with Gasteiger partial charge in [0.05, 0.1) is 23.8 Å². The van der Waals surface area contributed by atoms with Crippen molar-refractivity contribution in [3.8, 4) is 0 Å². The highest BCUT2D eigenvalue weighted by Crippen LogP contribution is 2.34. The van der Waals surface area contributed by atoms with Gasteiger partial charge in [0.2, 0.25) is 5.91 Å². The number of hydrogen-bond donors (Lipinski definition) is 1. The summed E-state index contributed by atoms with van der Waals surface area (Å²) in [6.07, 6.45) is 5.72. The molecule has 2 aromatic heterocycles. The minimum atomic E-state index is -0.143. The van der Waals surface area contributed by atoms with Gasteiger partial charge >= 0.3 is 0 Å². The first-order chi connectivity index (χ1) is 13.6. The summed E-state index contributed by atoms with van der Waals surface area (Å²) in [5, 5.41) is 3.15. The highest BCUT2D eigenvalue weighted by atomic mass is 16.2. The Morgan fingerprint density at radius 3 is 2.82 bits per heavy atom. The average molecular weight is 380 g/mol. The zero-order valence-electron chi connectivity index (χ0n) is 16.2. The van der Waals surface area contributed by atoms with Crippen molar-refractivity contribution < 1.29 is 9.59 Å².